The van der Waals surface area contributed by atoms with E-state index in [1.807, 2.05) is 13.0 Å². The number of carbonyl (C=O) groups is 1. The van der Waals surface area contributed by atoms with Crippen molar-refractivity contribution in [1.82, 2.24) is 4.90 Å². The summed E-state index contributed by atoms with van der Waals surface area (Å²) < 4.78 is 0. The van der Waals surface area contributed by atoms with Gasteiger partial charge in [0.15, 0.2) is 0 Å². The fourth-order valence-corrected chi connectivity index (χ4v) is 1.79. The van der Waals surface area contributed by atoms with Crippen LogP contribution in [0.4, 0.5) is 5.69 Å². The molecular formula is C15H18N4O. The van der Waals surface area contributed by atoms with Gasteiger partial charge in [0, 0.05) is 31.6 Å². The number of amides is 1. The van der Waals surface area contributed by atoms with Crippen LogP contribution in [-0.4, -0.2) is 30.4 Å². The minimum atomic E-state index is -0.0875. The number of nitriles is 2. The van der Waals surface area contributed by atoms with Crippen LogP contribution in [0.3, 0.4) is 0 Å². The van der Waals surface area contributed by atoms with Crippen molar-refractivity contribution in [3.8, 4) is 12.1 Å². The molecule has 1 amide bonds. The fraction of sp³-hybridized carbons (Fsp3) is 0.400. The summed E-state index contributed by atoms with van der Waals surface area (Å²) in [5.74, 6) is -0.0875. The monoisotopic (exact) mass is 270 g/mol. The molecule has 0 heterocycles. The van der Waals surface area contributed by atoms with E-state index in [0.29, 0.717) is 37.2 Å². The zero-order valence-corrected chi connectivity index (χ0v) is 11.6. The molecule has 1 rings (SSSR count). The van der Waals surface area contributed by atoms with Crippen molar-refractivity contribution < 1.29 is 4.79 Å². The van der Waals surface area contributed by atoms with Gasteiger partial charge < -0.3 is 10.2 Å². The van der Waals surface area contributed by atoms with Crippen LogP contribution in [0.15, 0.2) is 24.3 Å². The van der Waals surface area contributed by atoms with Gasteiger partial charge in [-0.05, 0) is 24.7 Å². The third-order valence-electron chi connectivity index (χ3n) is 2.92. The standard InChI is InChI=1S/C15H18N4O/c1-2-19(9-4-8-16)10-7-15(20)18-14-6-3-5-13(11-14)12-17/h3,5-6,11H,2,4,7,9-10H2,1H3,(H,18,20). The molecule has 0 bridgehead atoms. The van der Waals surface area contributed by atoms with Crippen molar-refractivity contribution in [2.24, 2.45) is 0 Å². The molecule has 0 fully saturated rings. The summed E-state index contributed by atoms with van der Waals surface area (Å²) in [5.41, 5.74) is 1.15. The lowest BCUT2D eigenvalue weighted by atomic mass is 10.2. The second kappa shape index (κ2) is 8.68. The van der Waals surface area contributed by atoms with Gasteiger partial charge in [-0.25, -0.2) is 0 Å². The largest absolute Gasteiger partial charge is 0.326 e. The van der Waals surface area contributed by atoms with E-state index in [1.54, 1.807) is 24.3 Å². The number of rotatable bonds is 7. The van der Waals surface area contributed by atoms with Crippen LogP contribution in [-0.2, 0) is 4.79 Å². The van der Waals surface area contributed by atoms with Gasteiger partial charge in [-0.2, -0.15) is 10.5 Å². The average Bonchev–Trinajstić information content (AvgIpc) is 2.47. The van der Waals surface area contributed by atoms with Crippen LogP contribution < -0.4 is 5.32 Å². The molecular weight excluding hydrogens is 252 g/mol. The van der Waals surface area contributed by atoms with Gasteiger partial charge in [0.05, 0.1) is 17.7 Å². The summed E-state index contributed by atoms with van der Waals surface area (Å²) in [6.45, 7) is 4.14. The average molecular weight is 270 g/mol. The lowest BCUT2D eigenvalue weighted by Crippen LogP contribution is -2.28. The molecule has 0 saturated carbocycles. The Morgan fingerprint density at radius 2 is 2.15 bits per heavy atom. The second-order valence-corrected chi connectivity index (χ2v) is 4.33. The molecule has 0 aromatic heterocycles. The van der Waals surface area contributed by atoms with E-state index in [-0.39, 0.29) is 5.91 Å². The first kappa shape index (κ1) is 15.7. The molecule has 0 atom stereocenters. The molecule has 1 aromatic carbocycles. The topological polar surface area (TPSA) is 79.9 Å². The molecule has 0 spiro atoms. The van der Waals surface area contributed by atoms with Crippen molar-refractivity contribution in [3.05, 3.63) is 29.8 Å². The molecule has 0 aliphatic rings. The number of carbonyl (C=O) groups excluding carboxylic acids is 1. The van der Waals surface area contributed by atoms with E-state index in [1.165, 1.54) is 0 Å². The Balaban J connectivity index is 2.43. The lowest BCUT2D eigenvalue weighted by Gasteiger charge is -2.18. The van der Waals surface area contributed by atoms with Gasteiger partial charge in [0.1, 0.15) is 0 Å². The Labute approximate surface area is 119 Å². The van der Waals surface area contributed by atoms with Gasteiger partial charge >= 0.3 is 0 Å². The molecule has 104 valence electrons. The number of nitrogens with zero attached hydrogens (tertiary/aromatic N) is 3. The number of anilines is 1. The van der Waals surface area contributed by atoms with Gasteiger partial charge in [-0.3, -0.25) is 4.79 Å². The van der Waals surface area contributed by atoms with E-state index in [0.717, 1.165) is 6.54 Å². The Bertz CT molecular complexity index is 527. The Morgan fingerprint density at radius 1 is 1.35 bits per heavy atom. The highest BCUT2D eigenvalue weighted by Crippen LogP contribution is 2.10. The van der Waals surface area contributed by atoms with Crippen molar-refractivity contribution in [1.29, 1.82) is 10.5 Å². The summed E-state index contributed by atoms with van der Waals surface area (Å²) >= 11 is 0. The first-order chi connectivity index (χ1) is 9.69. The quantitative estimate of drug-likeness (QED) is 0.823. The Morgan fingerprint density at radius 3 is 2.80 bits per heavy atom. The Kier molecular flexibility index (Phi) is 6.81. The maximum absolute atomic E-state index is 11.8. The third-order valence-corrected chi connectivity index (χ3v) is 2.92. The van der Waals surface area contributed by atoms with Gasteiger partial charge in [-0.15, -0.1) is 0 Å². The first-order valence-electron chi connectivity index (χ1n) is 6.59. The fourth-order valence-electron chi connectivity index (χ4n) is 1.79. The van der Waals surface area contributed by atoms with Crippen LogP contribution in [0.5, 0.6) is 0 Å². The summed E-state index contributed by atoms with van der Waals surface area (Å²) in [6.07, 6.45) is 0.843. The van der Waals surface area contributed by atoms with E-state index in [9.17, 15) is 4.79 Å². The summed E-state index contributed by atoms with van der Waals surface area (Å²) in [7, 11) is 0. The highest BCUT2D eigenvalue weighted by atomic mass is 16.1. The smallest absolute Gasteiger partial charge is 0.225 e. The van der Waals surface area contributed by atoms with Crippen LogP contribution in [0.25, 0.3) is 0 Å². The lowest BCUT2D eigenvalue weighted by molar-refractivity contribution is -0.116. The van der Waals surface area contributed by atoms with Crippen molar-refractivity contribution >= 4 is 11.6 Å². The zero-order chi connectivity index (χ0) is 14.8. The molecule has 0 unspecified atom stereocenters. The van der Waals surface area contributed by atoms with Gasteiger partial charge in [0.2, 0.25) is 5.91 Å². The maximum Gasteiger partial charge on any atom is 0.225 e. The van der Waals surface area contributed by atoms with Crippen molar-refractivity contribution in [2.75, 3.05) is 25.0 Å². The molecule has 1 aromatic rings. The summed E-state index contributed by atoms with van der Waals surface area (Å²) in [6, 6.07) is 11.0. The zero-order valence-electron chi connectivity index (χ0n) is 11.6. The van der Waals surface area contributed by atoms with Gasteiger partial charge in [0.25, 0.3) is 0 Å². The molecule has 5 heteroatoms. The normalized spacial score (nSPS) is 9.80. The summed E-state index contributed by atoms with van der Waals surface area (Å²) in [4.78, 5) is 13.9. The van der Waals surface area contributed by atoms with E-state index < -0.39 is 0 Å². The molecule has 1 N–H and O–H groups in total. The Hall–Kier alpha value is -2.37. The molecule has 0 aliphatic heterocycles. The molecule has 20 heavy (non-hydrogen) atoms. The molecule has 0 radical (unpaired) electrons. The number of benzene rings is 1. The maximum atomic E-state index is 11.8. The predicted octanol–water partition coefficient (Wildman–Crippen LogP) is 2.12. The van der Waals surface area contributed by atoms with Crippen LogP contribution in [0.1, 0.15) is 25.3 Å². The van der Waals surface area contributed by atoms with E-state index in [2.05, 4.69) is 16.3 Å². The molecule has 0 saturated heterocycles. The predicted molar refractivity (Wildman–Crippen MR) is 76.7 cm³/mol. The molecule has 5 nitrogen and oxygen atoms in total. The SMILES string of the molecule is CCN(CCC#N)CCC(=O)Nc1cccc(C#N)c1. The number of hydrogen-bond donors (Lipinski definition) is 1. The van der Waals surface area contributed by atoms with Crippen molar-refractivity contribution in [2.45, 2.75) is 19.8 Å². The number of nitrogens with one attached hydrogen (secondary N) is 1. The third kappa shape index (κ3) is 5.51. The summed E-state index contributed by atoms with van der Waals surface area (Å²) in [5, 5.41) is 20.1. The van der Waals surface area contributed by atoms with Crippen LogP contribution >= 0.6 is 0 Å². The van der Waals surface area contributed by atoms with Crippen LogP contribution in [0.2, 0.25) is 0 Å². The second-order valence-electron chi connectivity index (χ2n) is 4.33. The first-order valence-corrected chi connectivity index (χ1v) is 6.59. The highest BCUT2D eigenvalue weighted by Gasteiger charge is 2.07. The van der Waals surface area contributed by atoms with Crippen LogP contribution in [0, 0.1) is 22.7 Å². The van der Waals surface area contributed by atoms with E-state index >= 15 is 0 Å². The number of hydrogen-bond acceptors (Lipinski definition) is 4. The van der Waals surface area contributed by atoms with Gasteiger partial charge in [-0.1, -0.05) is 13.0 Å². The van der Waals surface area contributed by atoms with Crippen molar-refractivity contribution in [3.63, 3.8) is 0 Å². The van der Waals surface area contributed by atoms with E-state index in [4.69, 9.17) is 10.5 Å². The molecule has 0 aliphatic carbocycles. The minimum Gasteiger partial charge on any atom is -0.326 e. The highest BCUT2D eigenvalue weighted by molar-refractivity contribution is 5.90. The minimum absolute atomic E-state index is 0.0875.